The van der Waals surface area contributed by atoms with Crippen molar-refractivity contribution in [2.75, 3.05) is 11.9 Å². The second-order valence-corrected chi connectivity index (χ2v) is 5.73. The van der Waals surface area contributed by atoms with E-state index in [4.69, 9.17) is 11.6 Å². The predicted octanol–water partition coefficient (Wildman–Crippen LogP) is 4.42. The van der Waals surface area contributed by atoms with Crippen molar-refractivity contribution in [1.29, 1.82) is 0 Å². The van der Waals surface area contributed by atoms with E-state index in [1.54, 1.807) is 0 Å². The Morgan fingerprint density at radius 1 is 1.50 bits per heavy atom. The van der Waals surface area contributed by atoms with Crippen LogP contribution in [0.25, 0.3) is 0 Å². The van der Waals surface area contributed by atoms with Crippen molar-refractivity contribution >= 4 is 33.2 Å². The van der Waals surface area contributed by atoms with Gasteiger partial charge in [-0.2, -0.15) is 0 Å². The lowest BCUT2D eigenvalue weighted by Crippen LogP contribution is -2.30. The molecule has 1 aliphatic carbocycles. The molecule has 0 heterocycles. The molecule has 0 spiro atoms. The molecule has 1 fully saturated rings. The molecule has 0 saturated heterocycles. The number of halogens is 2. The van der Waals surface area contributed by atoms with Crippen molar-refractivity contribution in [3.63, 3.8) is 0 Å². The van der Waals surface area contributed by atoms with Gasteiger partial charge in [0.05, 0.1) is 5.69 Å². The van der Waals surface area contributed by atoms with Crippen LogP contribution in [0.4, 0.5) is 5.69 Å². The van der Waals surface area contributed by atoms with Crippen molar-refractivity contribution in [3.05, 3.63) is 28.2 Å². The van der Waals surface area contributed by atoms with Crippen molar-refractivity contribution in [3.8, 4) is 0 Å². The molecule has 0 aromatic heterocycles. The lowest BCUT2D eigenvalue weighted by Gasteiger charge is -2.28. The summed E-state index contributed by atoms with van der Waals surface area (Å²) in [5.41, 5.74) is 2.41. The van der Waals surface area contributed by atoms with Crippen LogP contribution in [-0.4, -0.2) is 13.1 Å². The highest BCUT2D eigenvalue weighted by molar-refractivity contribution is 9.10. The molecule has 0 N–H and O–H groups in total. The minimum absolute atomic E-state index is 0.570. The van der Waals surface area contributed by atoms with Crippen LogP contribution in [-0.2, 0) is 5.88 Å². The minimum atomic E-state index is 0.570. The number of hydrogen-bond acceptors (Lipinski definition) is 1. The summed E-state index contributed by atoms with van der Waals surface area (Å²) in [6.45, 7) is 2.31. The molecule has 1 saturated carbocycles. The van der Waals surface area contributed by atoms with Gasteiger partial charge >= 0.3 is 0 Å². The second kappa shape index (κ2) is 4.97. The molecule has 16 heavy (non-hydrogen) atoms. The van der Waals surface area contributed by atoms with Crippen LogP contribution in [0.3, 0.4) is 0 Å². The minimum Gasteiger partial charge on any atom is -0.371 e. The molecule has 1 nitrogen and oxygen atoms in total. The topological polar surface area (TPSA) is 3.24 Å². The first-order valence-corrected chi connectivity index (χ1v) is 7.03. The normalized spacial score (nSPS) is 17.2. The number of hydrogen-bond donors (Lipinski definition) is 0. The highest BCUT2D eigenvalue weighted by atomic mass is 79.9. The van der Waals surface area contributed by atoms with Gasteiger partial charge in [0.15, 0.2) is 0 Å². The monoisotopic (exact) mass is 301 g/mol. The Kier molecular flexibility index (Phi) is 3.81. The molecule has 0 radical (unpaired) electrons. The van der Waals surface area contributed by atoms with E-state index in [2.05, 4.69) is 53.0 Å². The van der Waals surface area contributed by atoms with Gasteiger partial charge in [-0.15, -0.1) is 11.6 Å². The maximum absolute atomic E-state index is 5.82. The summed E-state index contributed by atoms with van der Waals surface area (Å²) in [4.78, 5) is 2.36. The predicted molar refractivity (Wildman–Crippen MR) is 74.3 cm³/mol. The summed E-state index contributed by atoms with van der Waals surface area (Å²) in [5.74, 6) is 1.45. The number of benzene rings is 1. The maximum Gasteiger partial charge on any atom is 0.0510 e. The molecule has 1 aromatic rings. The molecule has 0 aliphatic heterocycles. The largest absolute Gasteiger partial charge is 0.371 e. The van der Waals surface area contributed by atoms with Gasteiger partial charge in [-0.25, -0.2) is 0 Å². The number of anilines is 1. The standard InChI is InChI=1S/C13H17BrClN/c1-9(11-4-5-11)16(2)13-6-3-10(8-15)7-12(13)14/h3,6-7,9,11H,4-5,8H2,1-2H3. The quantitative estimate of drug-likeness (QED) is 0.744. The van der Waals surface area contributed by atoms with E-state index in [9.17, 15) is 0 Å². The first-order valence-electron chi connectivity index (χ1n) is 5.70. The molecule has 1 atom stereocenters. The summed E-state index contributed by atoms with van der Waals surface area (Å²) in [5, 5.41) is 0. The Hall–Kier alpha value is -0.210. The van der Waals surface area contributed by atoms with Crippen molar-refractivity contribution in [1.82, 2.24) is 0 Å². The van der Waals surface area contributed by atoms with E-state index in [1.165, 1.54) is 18.5 Å². The lowest BCUT2D eigenvalue weighted by atomic mass is 10.1. The van der Waals surface area contributed by atoms with Crippen LogP contribution in [0.1, 0.15) is 25.3 Å². The van der Waals surface area contributed by atoms with Gasteiger partial charge in [-0.1, -0.05) is 6.07 Å². The smallest absolute Gasteiger partial charge is 0.0510 e. The maximum atomic E-state index is 5.82. The molecular weight excluding hydrogens is 286 g/mol. The van der Waals surface area contributed by atoms with E-state index < -0.39 is 0 Å². The zero-order chi connectivity index (χ0) is 11.7. The molecule has 88 valence electrons. The average molecular weight is 303 g/mol. The Morgan fingerprint density at radius 3 is 2.69 bits per heavy atom. The fourth-order valence-electron chi connectivity index (χ4n) is 2.03. The molecule has 0 bridgehead atoms. The number of alkyl halides is 1. The Balaban J connectivity index is 2.18. The van der Waals surface area contributed by atoms with Crippen molar-refractivity contribution < 1.29 is 0 Å². The van der Waals surface area contributed by atoms with E-state index in [0.717, 1.165) is 16.0 Å². The first-order chi connectivity index (χ1) is 7.63. The highest BCUT2D eigenvalue weighted by Crippen LogP contribution is 2.38. The fraction of sp³-hybridized carbons (Fsp3) is 0.538. The first kappa shape index (κ1) is 12.3. The van der Waals surface area contributed by atoms with Gasteiger partial charge in [-0.05, 0) is 59.3 Å². The van der Waals surface area contributed by atoms with Crippen LogP contribution in [0, 0.1) is 5.92 Å². The van der Waals surface area contributed by atoms with E-state index in [-0.39, 0.29) is 0 Å². The van der Waals surface area contributed by atoms with Crippen LogP contribution in [0.5, 0.6) is 0 Å². The van der Waals surface area contributed by atoms with E-state index >= 15 is 0 Å². The Bertz CT molecular complexity index is 376. The van der Waals surface area contributed by atoms with E-state index in [1.807, 2.05) is 0 Å². The van der Waals surface area contributed by atoms with E-state index in [0.29, 0.717) is 11.9 Å². The van der Waals surface area contributed by atoms with Crippen LogP contribution < -0.4 is 4.90 Å². The zero-order valence-corrected chi connectivity index (χ0v) is 12.1. The lowest BCUT2D eigenvalue weighted by molar-refractivity contribution is 0.608. The van der Waals surface area contributed by atoms with Gasteiger partial charge in [0, 0.05) is 23.4 Å². The molecule has 3 heteroatoms. The molecule has 2 rings (SSSR count). The SMILES string of the molecule is CC(C1CC1)N(C)c1ccc(CCl)cc1Br. The van der Waals surface area contributed by atoms with Gasteiger partial charge in [0.1, 0.15) is 0 Å². The Labute approximate surface area is 111 Å². The third kappa shape index (κ3) is 2.54. The summed E-state index contributed by atoms with van der Waals surface area (Å²) in [7, 11) is 2.17. The third-order valence-corrected chi connectivity index (χ3v) is 4.41. The van der Waals surface area contributed by atoms with Gasteiger partial charge in [0.2, 0.25) is 0 Å². The van der Waals surface area contributed by atoms with Gasteiger partial charge < -0.3 is 4.90 Å². The molecule has 1 aliphatic rings. The molecule has 0 amide bonds. The number of nitrogens with zero attached hydrogens (tertiary/aromatic N) is 1. The van der Waals surface area contributed by atoms with Gasteiger partial charge in [0.25, 0.3) is 0 Å². The van der Waals surface area contributed by atoms with Crippen LogP contribution in [0.2, 0.25) is 0 Å². The average Bonchev–Trinajstić information content (AvgIpc) is 3.10. The second-order valence-electron chi connectivity index (χ2n) is 4.61. The molecular formula is C13H17BrClN. The molecule has 1 unspecified atom stereocenters. The van der Waals surface area contributed by atoms with Crippen LogP contribution in [0.15, 0.2) is 22.7 Å². The number of rotatable bonds is 4. The van der Waals surface area contributed by atoms with Crippen LogP contribution >= 0.6 is 27.5 Å². The summed E-state index contributed by atoms with van der Waals surface area (Å²) >= 11 is 9.45. The third-order valence-electron chi connectivity index (χ3n) is 3.46. The zero-order valence-electron chi connectivity index (χ0n) is 9.71. The summed E-state index contributed by atoms with van der Waals surface area (Å²) in [6.07, 6.45) is 2.76. The summed E-state index contributed by atoms with van der Waals surface area (Å²) < 4.78 is 1.14. The fourth-order valence-corrected chi connectivity index (χ4v) is 2.91. The Morgan fingerprint density at radius 2 is 2.19 bits per heavy atom. The van der Waals surface area contributed by atoms with Gasteiger partial charge in [-0.3, -0.25) is 0 Å². The highest BCUT2D eigenvalue weighted by Gasteiger charge is 2.31. The summed E-state index contributed by atoms with van der Waals surface area (Å²) in [6, 6.07) is 6.99. The van der Waals surface area contributed by atoms with Crippen molar-refractivity contribution in [2.45, 2.75) is 31.7 Å². The molecule has 1 aromatic carbocycles. The van der Waals surface area contributed by atoms with Crippen molar-refractivity contribution in [2.24, 2.45) is 5.92 Å².